The van der Waals surface area contributed by atoms with Crippen molar-refractivity contribution in [3.05, 3.63) is 53.9 Å². The molecule has 1 saturated heterocycles. The van der Waals surface area contributed by atoms with Crippen molar-refractivity contribution in [3.63, 3.8) is 0 Å². The van der Waals surface area contributed by atoms with Crippen LogP contribution < -0.4 is 0 Å². The van der Waals surface area contributed by atoms with Gasteiger partial charge < -0.3 is 0 Å². The fraction of sp³-hybridized carbons (Fsp3) is 0.0455. The van der Waals surface area contributed by atoms with Crippen LogP contribution in [0.1, 0.15) is 22.3 Å². The lowest BCUT2D eigenvalue weighted by Gasteiger charge is -2.30. The smallest absolute Gasteiger partial charge is 0.102 e. The molecule has 1 heteroatoms. The Bertz CT molecular complexity index is 6500. The average Bonchev–Trinajstić information content (AvgIpc) is 4.20. The molecular formula is C66H6N. The van der Waals surface area contributed by atoms with E-state index in [1.165, 1.54) is 5.92 Å². The van der Waals surface area contributed by atoms with Crippen molar-refractivity contribution in [1.29, 1.82) is 0 Å². The van der Waals surface area contributed by atoms with Gasteiger partial charge in [-0.15, -0.1) is 0 Å². The molecule has 67 heavy (non-hydrogen) atoms. The fourth-order valence-electron chi connectivity index (χ4n) is 25.1. The first-order valence-electron chi connectivity index (χ1n) is 25.2. The Hall–Kier alpha value is -7.58. The van der Waals surface area contributed by atoms with Gasteiger partial charge in [-0.25, -0.2) is 0 Å². The topological polar surface area (TPSA) is 3.01 Å². The highest BCUT2D eigenvalue weighted by Gasteiger charge is 2.85. The summed E-state index contributed by atoms with van der Waals surface area (Å²) in [6, 6.07) is 0. The van der Waals surface area contributed by atoms with E-state index < -0.39 is 0 Å². The van der Waals surface area contributed by atoms with Gasteiger partial charge in [-0.05, 0) is 345 Å². The Kier molecular flexibility index (Phi) is 1.94. The molecule has 0 N–H and O–H groups in total. The summed E-state index contributed by atoms with van der Waals surface area (Å²) in [5.74, 6) is 1.48. The molecule has 1 heterocycles. The lowest BCUT2D eigenvalue weighted by atomic mass is 9.68. The first-order valence-corrected chi connectivity index (χ1v) is 25.2. The minimum Gasteiger partial charge on any atom is -0.271 e. The Morgan fingerprint density at radius 1 is 0.194 bits per heavy atom. The van der Waals surface area contributed by atoms with Crippen molar-refractivity contribution in [2.45, 2.75) is 11.1 Å². The first-order chi connectivity index (χ1) is 33.4. The van der Waals surface area contributed by atoms with Crippen LogP contribution in [-0.4, -0.2) is 11.4 Å². The summed E-state index contributed by atoms with van der Waals surface area (Å²) in [5.41, 5.74) is 6.58. The molecule has 0 aromatic heterocycles. The van der Waals surface area contributed by atoms with Gasteiger partial charge in [-0.1, -0.05) is 0 Å². The molecule has 275 valence electrons. The van der Waals surface area contributed by atoms with E-state index in [9.17, 15) is 0 Å². The third-order valence-electron chi connectivity index (χ3n) is 25.1. The minimum atomic E-state index is -0.227. The van der Waals surface area contributed by atoms with Gasteiger partial charge in [0.25, 0.3) is 0 Å². The van der Waals surface area contributed by atoms with Crippen molar-refractivity contribution in [2.75, 3.05) is 6.54 Å². The van der Waals surface area contributed by atoms with Gasteiger partial charge >= 0.3 is 0 Å². The van der Waals surface area contributed by atoms with E-state index in [2.05, 4.69) is 30.6 Å². The van der Waals surface area contributed by atoms with E-state index in [4.69, 9.17) is 0 Å². The van der Waals surface area contributed by atoms with E-state index in [-0.39, 0.29) is 11.1 Å². The van der Waals surface area contributed by atoms with Crippen LogP contribution in [0.3, 0.4) is 0 Å². The molecule has 2 spiro atoms. The van der Waals surface area contributed by atoms with Crippen LogP contribution in [0.5, 0.6) is 0 Å². The van der Waals surface area contributed by atoms with Crippen LogP contribution in [0.4, 0.5) is 0 Å². The summed E-state index contributed by atoms with van der Waals surface area (Å²) in [7, 11) is 0. The fourth-order valence-corrected chi connectivity index (χ4v) is 25.1. The number of hydrogen-bond donors (Lipinski definition) is 0. The predicted molar refractivity (Wildman–Crippen MR) is 281 cm³/mol. The van der Waals surface area contributed by atoms with Crippen molar-refractivity contribution in [1.82, 2.24) is 4.90 Å². The molecule has 0 amide bonds. The predicted octanol–water partition coefficient (Wildman–Crippen LogP) is 16.9. The molecule has 0 atom stereocenters. The SMILES string of the molecule is [CH]1[CH][CH][C](CN2C34c5c6c7c8c9c%10c(c%11c%12c3c3c5c5c%13c6c6c7c7c9c9c%14c%10c%10c%11c%11c%12c%12c3c3c5c5c%13c%13c6c6c7c9c7c9c%14c%10c%10c%11c%11c%12c3c3c5c5c%13c6c7c6c9c%10c%11c3c56)C824)[CH]1. The maximum absolute atomic E-state index is 3.20. The zero-order valence-electron chi connectivity index (χ0n) is 34.0. The third kappa shape index (κ3) is 1.25. The Morgan fingerprint density at radius 2 is 0.328 bits per heavy atom. The van der Waals surface area contributed by atoms with Crippen molar-refractivity contribution < 1.29 is 0 Å². The molecule has 1 nitrogen and oxygen atoms in total. The summed E-state index contributed by atoms with van der Waals surface area (Å²) in [6.45, 7) is 0.991. The number of benzene rings is 18. The van der Waals surface area contributed by atoms with Crippen LogP contribution >= 0.6 is 0 Å². The van der Waals surface area contributed by atoms with E-state index >= 15 is 0 Å². The molecular weight excluding hydrogens is 807 g/mol. The van der Waals surface area contributed by atoms with Gasteiger partial charge in [-0.2, -0.15) is 0 Å². The molecule has 34 rings (SSSR count). The molecule has 1 aliphatic heterocycles. The second-order valence-corrected chi connectivity index (χ2v) is 25.1. The standard InChI is InChI=1S/C66H6N/c1-2-4-6(3-1)5-67-65-61-53-45-35-25-17-9-7-8-11-15-13(9)21-29-23(15)33-27-19(11)20-12(8)16-14-10(7)18(17)26-32-22(14)30-24(16)34-28(20)38-37(27)47-41(33)51-43(29)49(39(45)31(21)25)57(61)59(51)63-55(47)56-48(38)42(34)52-44(30)50-40(32)46(36(26)35)54(53)62(65)58(50)60(52)64(56)66(63,65)67/h1-4H,5H2. The van der Waals surface area contributed by atoms with Crippen molar-refractivity contribution >= 4 is 291 Å². The van der Waals surface area contributed by atoms with Crippen LogP contribution in [0.15, 0.2) is 0 Å². The quantitative estimate of drug-likeness (QED) is 0.124. The van der Waals surface area contributed by atoms with Gasteiger partial charge in [0.15, 0.2) is 0 Å². The average molecular weight is 813 g/mol. The number of hydrogen-bond acceptors (Lipinski definition) is 1. The Morgan fingerprint density at radius 3 is 0.478 bits per heavy atom. The molecule has 6 aliphatic rings. The highest BCUT2D eigenvalue weighted by molar-refractivity contribution is 6.82. The van der Waals surface area contributed by atoms with Crippen LogP contribution in [0.25, 0.3) is 291 Å². The third-order valence-corrected chi connectivity index (χ3v) is 25.1. The van der Waals surface area contributed by atoms with Crippen LogP contribution in [-0.2, 0) is 11.1 Å². The lowest BCUT2D eigenvalue weighted by molar-refractivity contribution is 0.452. The highest BCUT2D eigenvalue weighted by atomic mass is 15.5. The lowest BCUT2D eigenvalue weighted by Crippen LogP contribution is -2.27. The number of nitrogens with zero attached hydrogens (tertiary/aromatic N) is 1. The summed E-state index contributed by atoms with van der Waals surface area (Å²) in [5, 5.41) is 90.6. The van der Waals surface area contributed by atoms with E-state index in [0.717, 1.165) is 6.54 Å². The first kappa shape index (κ1) is 24.3. The van der Waals surface area contributed by atoms with E-state index in [1.807, 2.05) is 0 Å². The molecule has 5 aliphatic carbocycles. The molecule has 28 aromatic carbocycles. The monoisotopic (exact) mass is 812 g/mol. The maximum Gasteiger partial charge on any atom is 0.102 e. The second-order valence-electron chi connectivity index (χ2n) is 25.1. The van der Waals surface area contributed by atoms with Crippen LogP contribution in [0.2, 0.25) is 0 Å². The minimum absolute atomic E-state index is 0.227. The summed E-state index contributed by atoms with van der Waals surface area (Å²) in [6.07, 6.45) is 9.52. The summed E-state index contributed by atoms with van der Waals surface area (Å²) >= 11 is 0. The summed E-state index contributed by atoms with van der Waals surface area (Å²) in [4.78, 5) is 3.20. The van der Waals surface area contributed by atoms with Gasteiger partial charge in [0, 0.05) is 6.54 Å². The molecule has 1 saturated carbocycles. The van der Waals surface area contributed by atoms with Crippen LogP contribution in [0, 0.1) is 31.6 Å². The number of rotatable bonds is 2. The Balaban J connectivity index is 1.19. The largest absolute Gasteiger partial charge is 0.271 e. The Labute approximate surface area is 365 Å². The maximum atomic E-state index is 3.20. The van der Waals surface area contributed by atoms with Gasteiger partial charge in [0.05, 0.1) is 0 Å². The molecule has 2 fully saturated rings. The van der Waals surface area contributed by atoms with Crippen molar-refractivity contribution in [3.8, 4) is 0 Å². The summed E-state index contributed by atoms with van der Waals surface area (Å²) < 4.78 is 0. The normalized spacial score (nSPS) is 25.3. The molecule has 5 radical (unpaired) electrons. The molecule has 0 unspecified atom stereocenters. The van der Waals surface area contributed by atoms with Gasteiger partial charge in [0.2, 0.25) is 0 Å². The van der Waals surface area contributed by atoms with E-state index in [0.29, 0.717) is 0 Å². The zero-order chi connectivity index (χ0) is 39.2. The second kappa shape index (κ2) is 5.37. The highest BCUT2D eigenvalue weighted by Crippen LogP contribution is 2.90. The van der Waals surface area contributed by atoms with Gasteiger partial charge in [-0.3, -0.25) is 4.90 Å². The molecule has 0 bridgehead atoms. The molecule has 28 aromatic rings. The van der Waals surface area contributed by atoms with Gasteiger partial charge in [0.1, 0.15) is 11.1 Å². The van der Waals surface area contributed by atoms with E-state index in [1.54, 1.807) is 313 Å². The zero-order valence-corrected chi connectivity index (χ0v) is 34.0. The van der Waals surface area contributed by atoms with Crippen molar-refractivity contribution in [2.24, 2.45) is 0 Å².